The van der Waals surface area contributed by atoms with Crippen molar-refractivity contribution >= 4 is 6.29 Å². The molecule has 1 heterocycles. The van der Waals surface area contributed by atoms with Crippen molar-refractivity contribution in [2.24, 2.45) is 0 Å². The normalized spacial score (nSPS) is 24.4. The lowest BCUT2D eigenvalue weighted by Crippen LogP contribution is -2.30. The summed E-state index contributed by atoms with van der Waals surface area (Å²) in [5.41, 5.74) is 0. The van der Waals surface area contributed by atoms with Gasteiger partial charge >= 0.3 is 0 Å². The molecule has 0 aromatic rings. The maximum absolute atomic E-state index is 12.1. The molecule has 0 unspecified atom stereocenters. The van der Waals surface area contributed by atoms with Crippen molar-refractivity contribution in [3.8, 4) is 0 Å². The summed E-state index contributed by atoms with van der Waals surface area (Å²) in [6.07, 6.45) is 1.93. The van der Waals surface area contributed by atoms with Gasteiger partial charge in [0.2, 0.25) is 0 Å². The zero-order valence-electron chi connectivity index (χ0n) is 6.27. The molecular weight excluding hydrogens is 133 g/mol. The Kier molecular flexibility index (Phi) is 6.38. The monoisotopic (exact) mass is 147 g/mol. The Morgan fingerprint density at radius 3 is 2.50 bits per heavy atom. The molecule has 1 fully saturated rings. The van der Waals surface area contributed by atoms with Crippen LogP contribution in [0.25, 0.3) is 0 Å². The van der Waals surface area contributed by atoms with E-state index in [2.05, 4.69) is 5.32 Å². The zero-order chi connectivity index (χ0) is 7.82. The van der Waals surface area contributed by atoms with Crippen LogP contribution in [0, 0.1) is 0 Å². The van der Waals surface area contributed by atoms with Crippen molar-refractivity contribution in [2.75, 3.05) is 13.1 Å². The summed E-state index contributed by atoms with van der Waals surface area (Å²) in [5, 5.41) is 2.96. The molecule has 1 aliphatic heterocycles. The minimum absolute atomic E-state index is 0.569. The SMILES string of the molecule is CC=O.F[C@@H]1CCCNC1. The third-order valence-corrected chi connectivity index (χ3v) is 1.24. The standard InChI is InChI=1S/C5H10FN.C2H4O/c6-5-2-1-3-7-4-5;1-2-3/h5,7H,1-4H2;2H,1H3/t5-;/m1./s1. The average Bonchev–Trinajstić information content (AvgIpc) is 1.91. The summed E-state index contributed by atoms with van der Waals surface area (Å²) >= 11 is 0. The Labute approximate surface area is 60.8 Å². The second-order valence-corrected chi connectivity index (χ2v) is 2.18. The van der Waals surface area contributed by atoms with Crippen molar-refractivity contribution in [3.05, 3.63) is 0 Å². The van der Waals surface area contributed by atoms with Crippen molar-refractivity contribution in [2.45, 2.75) is 25.9 Å². The fourth-order valence-electron chi connectivity index (χ4n) is 0.809. The van der Waals surface area contributed by atoms with Crippen LogP contribution in [-0.4, -0.2) is 25.5 Å². The molecule has 1 aliphatic rings. The Balaban J connectivity index is 0.000000236. The van der Waals surface area contributed by atoms with Crippen LogP contribution < -0.4 is 5.32 Å². The molecule has 3 heteroatoms. The Morgan fingerprint density at radius 1 is 1.70 bits per heavy atom. The molecule has 0 saturated carbocycles. The number of carbonyl (C=O) groups excluding carboxylic acids is 1. The van der Waals surface area contributed by atoms with Crippen LogP contribution >= 0.6 is 0 Å². The lowest BCUT2D eigenvalue weighted by Gasteiger charge is -2.14. The first-order chi connectivity index (χ1) is 4.81. The molecule has 60 valence electrons. The molecule has 0 aromatic carbocycles. The molecule has 1 rings (SSSR count). The lowest BCUT2D eigenvalue weighted by atomic mass is 10.1. The third-order valence-electron chi connectivity index (χ3n) is 1.24. The van der Waals surface area contributed by atoms with Gasteiger partial charge in [-0.2, -0.15) is 0 Å². The summed E-state index contributed by atoms with van der Waals surface area (Å²) < 4.78 is 12.1. The van der Waals surface area contributed by atoms with Gasteiger partial charge in [0.25, 0.3) is 0 Å². The van der Waals surface area contributed by atoms with E-state index in [4.69, 9.17) is 4.79 Å². The predicted octanol–water partition coefficient (Wildman–Crippen LogP) is 0.913. The highest BCUT2D eigenvalue weighted by atomic mass is 19.1. The maximum Gasteiger partial charge on any atom is 0.116 e. The van der Waals surface area contributed by atoms with Crippen LogP contribution in [0.3, 0.4) is 0 Å². The van der Waals surface area contributed by atoms with E-state index in [1.807, 2.05) is 0 Å². The smallest absolute Gasteiger partial charge is 0.116 e. The molecule has 0 bridgehead atoms. The van der Waals surface area contributed by atoms with Gasteiger partial charge < -0.3 is 10.1 Å². The van der Waals surface area contributed by atoms with E-state index in [0.29, 0.717) is 6.54 Å². The number of halogens is 1. The quantitative estimate of drug-likeness (QED) is 0.516. The van der Waals surface area contributed by atoms with Gasteiger partial charge in [-0.25, -0.2) is 4.39 Å². The molecule has 10 heavy (non-hydrogen) atoms. The van der Waals surface area contributed by atoms with E-state index in [9.17, 15) is 4.39 Å². The second kappa shape index (κ2) is 6.68. The fourth-order valence-corrected chi connectivity index (χ4v) is 0.809. The molecular formula is C7H14FNO. The third kappa shape index (κ3) is 5.69. The lowest BCUT2D eigenvalue weighted by molar-refractivity contribution is -0.106. The van der Waals surface area contributed by atoms with Crippen molar-refractivity contribution in [1.82, 2.24) is 5.32 Å². The zero-order valence-corrected chi connectivity index (χ0v) is 6.27. The first-order valence-corrected chi connectivity index (χ1v) is 3.55. The highest BCUT2D eigenvalue weighted by Crippen LogP contribution is 2.03. The molecule has 1 saturated heterocycles. The number of hydrogen-bond acceptors (Lipinski definition) is 2. The number of piperidine rings is 1. The molecule has 0 spiro atoms. The molecule has 0 radical (unpaired) electrons. The van der Waals surface area contributed by atoms with Crippen LogP contribution in [0.4, 0.5) is 4.39 Å². The van der Waals surface area contributed by atoms with Crippen LogP contribution in [0.1, 0.15) is 19.8 Å². The van der Waals surface area contributed by atoms with E-state index < -0.39 is 6.17 Å². The van der Waals surface area contributed by atoms with Gasteiger partial charge in [0.15, 0.2) is 0 Å². The van der Waals surface area contributed by atoms with Gasteiger partial charge in [-0.15, -0.1) is 0 Å². The predicted molar refractivity (Wildman–Crippen MR) is 38.7 cm³/mol. The molecule has 2 nitrogen and oxygen atoms in total. The summed E-state index contributed by atoms with van der Waals surface area (Å²) in [6.45, 7) is 3.01. The summed E-state index contributed by atoms with van der Waals surface area (Å²) in [4.78, 5) is 8.81. The Bertz CT molecular complexity index is 81.7. The summed E-state index contributed by atoms with van der Waals surface area (Å²) in [7, 11) is 0. The maximum atomic E-state index is 12.1. The number of carbonyl (C=O) groups is 1. The first kappa shape index (κ1) is 9.56. The number of alkyl halides is 1. The van der Waals surface area contributed by atoms with Crippen molar-refractivity contribution in [3.63, 3.8) is 0 Å². The van der Waals surface area contributed by atoms with E-state index in [-0.39, 0.29) is 0 Å². The first-order valence-electron chi connectivity index (χ1n) is 3.55. The van der Waals surface area contributed by atoms with Gasteiger partial charge in [-0.1, -0.05) is 0 Å². The molecule has 1 atom stereocenters. The van der Waals surface area contributed by atoms with E-state index in [1.165, 1.54) is 6.92 Å². The number of aldehydes is 1. The number of nitrogens with one attached hydrogen (secondary N) is 1. The molecule has 1 N–H and O–H groups in total. The average molecular weight is 147 g/mol. The number of hydrogen-bond donors (Lipinski definition) is 1. The minimum atomic E-state index is -0.575. The molecule has 0 amide bonds. The van der Waals surface area contributed by atoms with Crippen LogP contribution in [-0.2, 0) is 4.79 Å². The van der Waals surface area contributed by atoms with Gasteiger partial charge in [0, 0.05) is 6.54 Å². The van der Waals surface area contributed by atoms with Gasteiger partial charge in [-0.05, 0) is 26.3 Å². The van der Waals surface area contributed by atoms with Crippen molar-refractivity contribution in [1.29, 1.82) is 0 Å². The second-order valence-electron chi connectivity index (χ2n) is 2.18. The topological polar surface area (TPSA) is 29.1 Å². The highest BCUT2D eigenvalue weighted by molar-refractivity contribution is 5.44. The van der Waals surface area contributed by atoms with Crippen molar-refractivity contribution < 1.29 is 9.18 Å². The Morgan fingerprint density at radius 2 is 2.30 bits per heavy atom. The molecule has 0 aromatic heterocycles. The van der Waals surface area contributed by atoms with Crippen LogP contribution in [0.5, 0.6) is 0 Å². The number of rotatable bonds is 0. The Hall–Kier alpha value is -0.440. The van der Waals surface area contributed by atoms with Crippen LogP contribution in [0.2, 0.25) is 0 Å². The van der Waals surface area contributed by atoms with E-state index in [0.717, 1.165) is 25.7 Å². The van der Waals surface area contributed by atoms with E-state index in [1.54, 1.807) is 0 Å². The summed E-state index contributed by atoms with van der Waals surface area (Å²) in [5.74, 6) is 0. The highest BCUT2D eigenvalue weighted by Gasteiger charge is 2.08. The summed E-state index contributed by atoms with van der Waals surface area (Å²) in [6, 6.07) is 0. The molecule has 0 aliphatic carbocycles. The largest absolute Gasteiger partial charge is 0.314 e. The minimum Gasteiger partial charge on any atom is -0.314 e. The fraction of sp³-hybridized carbons (Fsp3) is 0.857. The van der Waals surface area contributed by atoms with E-state index >= 15 is 0 Å². The van der Waals surface area contributed by atoms with Crippen LogP contribution in [0.15, 0.2) is 0 Å². The van der Waals surface area contributed by atoms with Gasteiger partial charge in [0.1, 0.15) is 12.5 Å². The van der Waals surface area contributed by atoms with Gasteiger partial charge in [-0.3, -0.25) is 0 Å². The van der Waals surface area contributed by atoms with Gasteiger partial charge in [0.05, 0.1) is 0 Å².